The molecule has 4 rings (SSSR count). The number of fused-ring (bicyclic) bond motifs is 1. The van der Waals surface area contributed by atoms with Gasteiger partial charge in [-0.25, -0.2) is 9.97 Å². The Hall–Kier alpha value is -2.94. The third kappa shape index (κ3) is 2.48. The lowest BCUT2D eigenvalue weighted by Gasteiger charge is -2.11. The van der Waals surface area contributed by atoms with Crippen LogP contribution in [0.2, 0.25) is 0 Å². The average molecular weight is 313 g/mol. The van der Waals surface area contributed by atoms with Gasteiger partial charge in [0.05, 0.1) is 5.69 Å². The van der Waals surface area contributed by atoms with Crippen LogP contribution in [0.3, 0.4) is 0 Å². The van der Waals surface area contributed by atoms with Gasteiger partial charge in [0.1, 0.15) is 11.5 Å². The van der Waals surface area contributed by atoms with Gasteiger partial charge in [-0.1, -0.05) is 62.4 Å². The van der Waals surface area contributed by atoms with Crippen LogP contribution in [0, 0.1) is 0 Å². The molecule has 0 atom stereocenters. The van der Waals surface area contributed by atoms with E-state index in [1.54, 1.807) is 0 Å². The van der Waals surface area contributed by atoms with Crippen LogP contribution in [0.15, 0.2) is 72.9 Å². The number of rotatable bonds is 3. The van der Waals surface area contributed by atoms with Gasteiger partial charge >= 0.3 is 0 Å². The van der Waals surface area contributed by atoms with Crippen molar-refractivity contribution < 1.29 is 0 Å². The lowest BCUT2D eigenvalue weighted by atomic mass is 10.1. The zero-order valence-corrected chi connectivity index (χ0v) is 13.8. The van der Waals surface area contributed by atoms with Gasteiger partial charge in [-0.2, -0.15) is 0 Å². The lowest BCUT2D eigenvalue weighted by Crippen LogP contribution is -2.02. The number of benzene rings is 2. The minimum absolute atomic E-state index is 0.274. The molecule has 118 valence electrons. The maximum absolute atomic E-state index is 4.85. The SMILES string of the molecule is CC(C)c1nc(-c2ccccc2)c2ccn(-c3ccccc3)c2n1. The van der Waals surface area contributed by atoms with Crippen molar-refractivity contribution in [2.24, 2.45) is 0 Å². The van der Waals surface area contributed by atoms with E-state index in [1.807, 2.05) is 36.4 Å². The van der Waals surface area contributed by atoms with Crippen molar-refractivity contribution in [3.05, 3.63) is 78.8 Å². The third-order valence-electron chi connectivity index (χ3n) is 4.16. The molecule has 0 spiro atoms. The first-order chi connectivity index (χ1) is 11.7. The molecule has 0 saturated heterocycles. The molecule has 0 unspecified atom stereocenters. The molecule has 0 bridgehead atoms. The second-order valence-electron chi connectivity index (χ2n) is 6.21. The molecule has 2 heterocycles. The molecule has 0 amide bonds. The minimum Gasteiger partial charge on any atom is -0.301 e. The second-order valence-corrected chi connectivity index (χ2v) is 6.21. The van der Waals surface area contributed by atoms with E-state index < -0.39 is 0 Å². The Morgan fingerprint density at radius 3 is 2.12 bits per heavy atom. The molecule has 3 heteroatoms. The van der Waals surface area contributed by atoms with Gasteiger partial charge in [0, 0.05) is 28.8 Å². The van der Waals surface area contributed by atoms with Crippen LogP contribution in [0.1, 0.15) is 25.6 Å². The van der Waals surface area contributed by atoms with Crippen LogP contribution in [0.4, 0.5) is 0 Å². The summed E-state index contributed by atoms with van der Waals surface area (Å²) in [5.41, 5.74) is 4.19. The summed E-state index contributed by atoms with van der Waals surface area (Å²) >= 11 is 0. The largest absolute Gasteiger partial charge is 0.301 e. The van der Waals surface area contributed by atoms with Crippen LogP contribution in [0.5, 0.6) is 0 Å². The van der Waals surface area contributed by atoms with E-state index in [9.17, 15) is 0 Å². The molecule has 0 radical (unpaired) electrons. The highest BCUT2D eigenvalue weighted by molar-refractivity contribution is 5.92. The Morgan fingerprint density at radius 2 is 1.46 bits per heavy atom. The molecule has 0 aliphatic rings. The predicted octanol–water partition coefficient (Wildman–Crippen LogP) is 5.21. The van der Waals surface area contributed by atoms with E-state index in [-0.39, 0.29) is 5.92 Å². The zero-order chi connectivity index (χ0) is 16.5. The van der Waals surface area contributed by atoms with Crippen molar-refractivity contribution in [3.8, 4) is 16.9 Å². The number of nitrogens with zero attached hydrogens (tertiary/aromatic N) is 3. The van der Waals surface area contributed by atoms with E-state index >= 15 is 0 Å². The van der Waals surface area contributed by atoms with Crippen molar-refractivity contribution in [2.45, 2.75) is 19.8 Å². The maximum atomic E-state index is 4.85. The zero-order valence-electron chi connectivity index (χ0n) is 13.8. The minimum atomic E-state index is 0.274. The first-order valence-electron chi connectivity index (χ1n) is 8.24. The Balaban J connectivity index is 2.02. The maximum Gasteiger partial charge on any atom is 0.148 e. The van der Waals surface area contributed by atoms with E-state index in [1.165, 1.54) is 0 Å². The number of hydrogen-bond donors (Lipinski definition) is 0. The van der Waals surface area contributed by atoms with Gasteiger partial charge in [-0.15, -0.1) is 0 Å². The van der Waals surface area contributed by atoms with E-state index in [2.05, 4.69) is 54.9 Å². The summed E-state index contributed by atoms with van der Waals surface area (Å²) in [5.74, 6) is 1.15. The van der Waals surface area contributed by atoms with Crippen LogP contribution >= 0.6 is 0 Å². The van der Waals surface area contributed by atoms with Crippen molar-refractivity contribution in [1.82, 2.24) is 14.5 Å². The summed E-state index contributed by atoms with van der Waals surface area (Å²) < 4.78 is 2.13. The summed E-state index contributed by atoms with van der Waals surface area (Å²) in [6.45, 7) is 4.26. The lowest BCUT2D eigenvalue weighted by molar-refractivity contribution is 0.780. The fourth-order valence-electron chi connectivity index (χ4n) is 2.90. The summed E-state index contributed by atoms with van der Waals surface area (Å²) in [4.78, 5) is 9.70. The second kappa shape index (κ2) is 5.93. The van der Waals surface area contributed by atoms with Gasteiger partial charge in [-0.3, -0.25) is 0 Å². The fraction of sp³-hybridized carbons (Fsp3) is 0.143. The number of aromatic nitrogens is 3. The molecule has 0 fully saturated rings. The normalized spacial score (nSPS) is 11.3. The monoisotopic (exact) mass is 313 g/mol. The molecule has 2 aromatic carbocycles. The highest BCUT2D eigenvalue weighted by Crippen LogP contribution is 2.29. The van der Waals surface area contributed by atoms with Gasteiger partial charge in [0.15, 0.2) is 0 Å². The highest BCUT2D eigenvalue weighted by atomic mass is 15.1. The summed E-state index contributed by atoms with van der Waals surface area (Å²) in [5, 5.41) is 1.08. The molecule has 0 N–H and O–H groups in total. The quantitative estimate of drug-likeness (QED) is 0.520. The van der Waals surface area contributed by atoms with E-state index in [0.29, 0.717) is 0 Å². The molecule has 3 nitrogen and oxygen atoms in total. The van der Waals surface area contributed by atoms with E-state index in [0.717, 1.165) is 33.8 Å². The van der Waals surface area contributed by atoms with Gasteiger partial charge in [-0.05, 0) is 18.2 Å². The Morgan fingerprint density at radius 1 is 0.792 bits per heavy atom. The Kier molecular flexibility index (Phi) is 3.62. The molecule has 0 aliphatic carbocycles. The number of para-hydroxylation sites is 1. The van der Waals surface area contributed by atoms with Crippen LogP contribution in [0.25, 0.3) is 28.0 Å². The molecule has 0 aliphatic heterocycles. The average Bonchev–Trinajstić information content (AvgIpc) is 3.06. The fourth-order valence-corrected chi connectivity index (χ4v) is 2.90. The summed E-state index contributed by atoms with van der Waals surface area (Å²) in [6, 6.07) is 22.7. The van der Waals surface area contributed by atoms with Crippen molar-refractivity contribution >= 4 is 11.0 Å². The van der Waals surface area contributed by atoms with Gasteiger partial charge < -0.3 is 4.57 Å². The van der Waals surface area contributed by atoms with Crippen LogP contribution < -0.4 is 0 Å². The molecule has 2 aromatic heterocycles. The van der Waals surface area contributed by atoms with Crippen molar-refractivity contribution in [3.63, 3.8) is 0 Å². The molecule has 4 aromatic rings. The third-order valence-corrected chi connectivity index (χ3v) is 4.16. The first kappa shape index (κ1) is 14.6. The van der Waals surface area contributed by atoms with Crippen LogP contribution in [-0.4, -0.2) is 14.5 Å². The molecule has 0 saturated carbocycles. The highest BCUT2D eigenvalue weighted by Gasteiger charge is 2.15. The first-order valence-corrected chi connectivity index (χ1v) is 8.24. The Bertz CT molecular complexity index is 970. The van der Waals surface area contributed by atoms with Gasteiger partial charge in [0.25, 0.3) is 0 Å². The van der Waals surface area contributed by atoms with Crippen molar-refractivity contribution in [1.29, 1.82) is 0 Å². The summed E-state index contributed by atoms with van der Waals surface area (Å²) in [7, 11) is 0. The topological polar surface area (TPSA) is 30.7 Å². The standard InChI is InChI=1S/C21H19N3/c1-15(2)20-22-19(16-9-5-3-6-10-16)18-13-14-24(21(18)23-20)17-11-7-4-8-12-17/h3-15H,1-2H3. The van der Waals surface area contributed by atoms with Gasteiger partial charge in [0.2, 0.25) is 0 Å². The van der Waals surface area contributed by atoms with Crippen molar-refractivity contribution in [2.75, 3.05) is 0 Å². The summed E-state index contributed by atoms with van der Waals surface area (Å²) in [6.07, 6.45) is 2.07. The smallest absolute Gasteiger partial charge is 0.148 e. The molecular formula is C21H19N3. The molecule has 24 heavy (non-hydrogen) atoms. The molecular weight excluding hydrogens is 294 g/mol. The van der Waals surface area contributed by atoms with Crippen LogP contribution in [-0.2, 0) is 0 Å². The predicted molar refractivity (Wildman–Crippen MR) is 98.4 cm³/mol. The Labute approximate surface area is 141 Å². The number of hydrogen-bond acceptors (Lipinski definition) is 2. The van der Waals surface area contributed by atoms with E-state index in [4.69, 9.17) is 9.97 Å².